The molecule has 2 rings (SSSR count). The van der Waals surface area contributed by atoms with Crippen molar-refractivity contribution in [3.63, 3.8) is 0 Å². The van der Waals surface area contributed by atoms with E-state index < -0.39 is 17.8 Å². The van der Waals surface area contributed by atoms with E-state index in [1.54, 1.807) is 0 Å². The summed E-state index contributed by atoms with van der Waals surface area (Å²) < 4.78 is 14.3. The van der Waals surface area contributed by atoms with Crippen molar-refractivity contribution in [3.05, 3.63) is 36.5 Å². The van der Waals surface area contributed by atoms with Gasteiger partial charge in [-0.2, -0.15) is 0 Å². The Morgan fingerprint density at radius 2 is 2.09 bits per heavy atom. The average molecular weight is 322 g/mol. The monoisotopic (exact) mass is 322 g/mol. The number of fused-ring (bicyclic) bond motifs is 1. The molecule has 0 aromatic carbocycles. The lowest BCUT2D eigenvalue weighted by molar-refractivity contribution is -0.118. The number of carbonyl (C=O) groups is 2. The number of likely N-dealkylation sites (tertiary alicyclic amines) is 1. The number of rotatable bonds is 4. The number of hydrogen-bond donors (Lipinski definition) is 2. The van der Waals surface area contributed by atoms with Gasteiger partial charge < -0.3 is 10.2 Å². The van der Waals surface area contributed by atoms with Crippen molar-refractivity contribution in [2.24, 2.45) is 0 Å². The van der Waals surface area contributed by atoms with E-state index in [1.807, 2.05) is 0 Å². The molecule has 0 spiro atoms. The molecule has 2 atom stereocenters. The summed E-state index contributed by atoms with van der Waals surface area (Å²) in [6, 6.07) is 0.0619. The summed E-state index contributed by atoms with van der Waals surface area (Å²) in [7, 11) is 1.35. The topological polar surface area (TPSA) is 64.7 Å². The molecule has 0 aliphatic carbocycles. The minimum absolute atomic E-state index is 0.120. The lowest BCUT2D eigenvalue weighted by Gasteiger charge is -2.26. The van der Waals surface area contributed by atoms with Crippen LogP contribution in [0.15, 0.2) is 36.5 Å². The molecule has 6 nitrogen and oxygen atoms in total. The molecule has 2 fully saturated rings. The first-order chi connectivity index (χ1) is 10.8. The Labute approximate surface area is 135 Å². The minimum atomic E-state index is -0.724. The summed E-state index contributed by atoms with van der Waals surface area (Å²) in [6.45, 7) is 10.5. The molecule has 2 aliphatic rings. The molecule has 0 radical (unpaired) electrons. The number of nitrogens with one attached hydrogen (secondary N) is 2. The largest absolute Gasteiger partial charge is 0.367 e. The number of hydrogen-bond acceptors (Lipinski definition) is 4. The van der Waals surface area contributed by atoms with Gasteiger partial charge in [0.15, 0.2) is 0 Å². The molecule has 0 aromatic heterocycles. The van der Waals surface area contributed by atoms with Gasteiger partial charge >= 0.3 is 6.03 Å². The fourth-order valence-electron chi connectivity index (χ4n) is 3.05. The second-order valence-electron chi connectivity index (χ2n) is 5.87. The van der Waals surface area contributed by atoms with Crippen molar-refractivity contribution in [2.75, 3.05) is 20.1 Å². The molecule has 0 saturated carbocycles. The Kier molecular flexibility index (Phi) is 5.20. The van der Waals surface area contributed by atoms with Crippen LogP contribution < -0.4 is 10.6 Å². The van der Waals surface area contributed by atoms with Crippen molar-refractivity contribution in [1.29, 1.82) is 0 Å². The number of halogens is 1. The summed E-state index contributed by atoms with van der Waals surface area (Å²) in [5.41, 5.74) is 0.449. The van der Waals surface area contributed by atoms with E-state index in [0.717, 1.165) is 30.8 Å². The molecule has 2 N–H and O–H groups in total. The second-order valence-corrected chi connectivity index (χ2v) is 5.87. The van der Waals surface area contributed by atoms with Crippen LogP contribution in [0.5, 0.6) is 0 Å². The highest BCUT2D eigenvalue weighted by Gasteiger charge is 2.37. The second kappa shape index (κ2) is 6.95. The van der Waals surface area contributed by atoms with Gasteiger partial charge in [0.25, 0.3) is 0 Å². The summed E-state index contributed by atoms with van der Waals surface area (Å²) in [6.07, 6.45) is 3.32. The summed E-state index contributed by atoms with van der Waals surface area (Å²) in [5, 5.41) is 5.49. The number of carbonyl (C=O) groups excluding carboxylic acids is 2. The third kappa shape index (κ3) is 3.79. The predicted octanol–water partition coefficient (Wildman–Crippen LogP) is 1.49. The van der Waals surface area contributed by atoms with E-state index in [2.05, 4.69) is 28.7 Å². The zero-order valence-corrected chi connectivity index (χ0v) is 13.6. The molecule has 7 heteroatoms. The van der Waals surface area contributed by atoms with Crippen molar-refractivity contribution in [3.8, 4) is 0 Å². The molecular weight excluding hydrogens is 299 g/mol. The Morgan fingerprint density at radius 3 is 2.74 bits per heavy atom. The van der Waals surface area contributed by atoms with Crippen LogP contribution in [-0.4, -0.2) is 54.0 Å². The van der Waals surface area contributed by atoms with Crippen LogP contribution in [0.4, 0.5) is 9.18 Å². The van der Waals surface area contributed by atoms with E-state index in [4.69, 9.17) is 0 Å². The zero-order valence-electron chi connectivity index (χ0n) is 13.6. The van der Waals surface area contributed by atoms with Gasteiger partial charge in [-0.1, -0.05) is 13.2 Å². The highest BCUT2D eigenvalue weighted by molar-refractivity contribution is 5.93. The lowest BCUT2D eigenvalue weighted by atomic mass is 10.1. The van der Waals surface area contributed by atoms with Crippen LogP contribution in [0.3, 0.4) is 0 Å². The maximum Gasteiger partial charge on any atom is 0.328 e. The fourth-order valence-corrected chi connectivity index (χ4v) is 3.05. The third-order valence-corrected chi connectivity index (χ3v) is 4.32. The van der Waals surface area contributed by atoms with Crippen molar-refractivity contribution >= 4 is 11.9 Å². The SMILES string of the molecule is C=C(/C(F)=C\C(=C)N1CCC2NCCC21)N(C)C(=O)NC(C)=O. The Hall–Kier alpha value is -2.15. The van der Waals surface area contributed by atoms with Gasteiger partial charge in [0.05, 0.1) is 5.70 Å². The molecule has 23 heavy (non-hydrogen) atoms. The Balaban J connectivity index is 2.00. The van der Waals surface area contributed by atoms with Crippen molar-refractivity contribution in [1.82, 2.24) is 20.4 Å². The van der Waals surface area contributed by atoms with Gasteiger partial charge in [0.1, 0.15) is 5.83 Å². The molecule has 2 aliphatic heterocycles. The minimum Gasteiger partial charge on any atom is -0.367 e. The third-order valence-electron chi connectivity index (χ3n) is 4.32. The summed E-state index contributed by atoms with van der Waals surface area (Å²) in [4.78, 5) is 25.6. The number of urea groups is 1. The molecule has 2 unspecified atom stereocenters. The Morgan fingerprint density at radius 1 is 1.39 bits per heavy atom. The van der Waals surface area contributed by atoms with Crippen LogP contribution in [-0.2, 0) is 4.79 Å². The lowest BCUT2D eigenvalue weighted by Crippen LogP contribution is -2.39. The Bertz CT molecular complexity index is 572. The van der Waals surface area contributed by atoms with Crippen LogP contribution in [0.1, 0.15) is 19.8 Å². The van der Waals surface area contributed by atoms with E-state index in [1.165, 1.54) is 20.0 Å². The van der Waals surface area contributed by atoms with Gasteiger partial charge in [-0.3, -0.25) is 15.0 Å². The van der Waals surface area contributed by atoms with E-state index in [9.17, 15) is 14.0 Å². The first kappa shape index (κ1) is 17.2. The van der Waals surface area contributed by atoms with E-state index in [0.29, 0.717) is 17.8 Å². The maximum absolute atomic E-state index is 14.3. The number of nitrogens with zero attached hydrogens (tertiary/aromatic N) is 2. The molecule has 126 valence electrons. The van der Waals surface area contributed by atoms with E-state index >= 15 is 0 Å². The van der Waals surface area contributed by atoms with Crippen molar-refractivity contribution in [2.45, 2.75) is 31.8 Å². The summed E-state index contributed by atoms with van der Waals surface area (Å²) >= 11 is 0. The fraction of sp³-hybridized carbons (Fsp3) is 0.500. The first-order valence-electron chi connectivity index (χ1n) is 7.62. The van der Waals surface area contributed by atoms with Gasteiger partial charge in [0, 0.05) is 38.3 Å². The standard InChI is InChI=1S/C16H23FN4O2/c1-10(21-8-6-14-15(21)5-7-18-14)9-13(17)11(2)20(4)16(23)19-12(3)22/h9,14-15,18H,1-2,5-8H2,3-4H3,(H,19,22,23)/b13-9+. The van der Waals surface area contributed by atoms with Crippen LogP contribution in [0.25, 0.3) is 0 Å². The average Bonchev–Trinajstić information content (AvgIpc) is 3.07. The molecule has 0 aromatic rings. The zero-order chi connectivity index (χ0) is 17.1. The maximum atomic E-state index is 14.3. The van der Waals surface area contributed by atoms with Gasteiger partial charge in [-0.25, -0.2) is 9.18 Å². The van der Waals surface area contributed by atoms with Crippen LogP contribution >= 0.6 is 0 Å². The normalized spacial score (nSPS) is 23.4. The molecule has 0 bridgehead atoms. The van der Waals surface area contributed by atoms with Gasteiger partial charge in [-0.15, -0.1) is 0 Å². The summed E-state index contributed by atoms with van der Waals surface area (Å²) in [5.74, 6) is -1.16. The van der Waals surface area contributed by atoms with Gasteiger partial charge in [-0.05, 0) is 25.5 Å². The molecule has 3 amide bonds. The van der Waals surface area contributed by atoms with Gasteiger partial charge in [0.2, 0.25) is 5.91 Å². The van der Waals surface area contributed by atoms with Crippen LogP contribution in [0, 0.1) is 0 Å². The molecule has 2 heterocycles. The predicted molar refractivity (Wildman–Crippen MR) is 86.0 cm³/mol. The van der Waals surface area contributed by atoms with E-state index in [-0.39, 0.29) is 5.70 Å². The number of imide groups is 1. The quantitative estimate of drug-likeness (QED) is 0.770. The van der Waals surface area contributed by atoms with Crippen molar-refractivity contribution < 1.29 is 14.0 Å². The molecule has 2 saturated heterocycles. The number of amides is 3. The number of likely N-dealkylation sites (N-methyl/N-ethyl adjacent to an activating group) is 1. The number of allylic oxidation sites excluding steroid dienone is 2. The molecular formula is C16H23FN4O2. The first-order valence-corrected chi connectivity index (χ1v) is 7.62. The highest BCUT2D eigenvalue weighted by Crippen LogP contribution is 2.29. The highest BCUT2D eigenvalue weighted by atomic mass is 19.1. The van der Waals surface area contributed by atoms with Crippen LogP contribution in [0.2, 0.25) is 0 Å². The smallest absolute Gasteiger partial charge is 0.328 e.